The lowest BCUT2D eigenvalue weighted by atomic mass is 10.3. The van der Waals surface area contributed by atoms with E-state index in [2.05, 4.69) is 0 Å². The summed E-state index contributed by atoms with van der Waals surface area (Å²) in [6.07, 6.45) is 0. The first-order chi connectivity index (χ1) is 7.97. The molecule has 1 N–H and O–H groups in total. The van der Waals surface area contributed by atoms with Gasteiger partial charge in [0.2, 0.25) is 0 Å². The molecule has 17 heavy (non-hydrogen) atoms. The van der Waals surface area contributed by atoms with Crippen molar-refractivity contribution in [2.75, 3.05) is 32.1 Å². The second kappa shape index (κ2) is 6.10. The molecule has 2 amide bonds. The van der Waals surface area contributed by atoms with Crippen LogP contribution in [0.3, 0.4) is 0 Å². The fourth-order valence-corrected chi connectivity index (χ4v) is 1.62. The first kappa shape index (κ1) is 14.1. The number of aliphatic hydroxyl groups is 1. The molecule has 94 valence electrons. The third kappa shape index (κ3) is 3.49. The molecule has 0 heterocycles. The Morgan fingerprint density at radius 3 is 2.41 bits per heavy atom. The lowest BCUT2D eigenvalue weighted by Crippen LogP contribution is -2.40. The van der Waals surface area contributed by atoms with Gasteiger partial charge in [-0.3, -0.25) is 4.90 Å². The molecule has 0 unspecified atom stereocenters. The molecule has 0 radical (unpaired) electrons. The number of nitrogens with zero attached hydrogens (tertiary/aromatic N) is 2. The second-order valence-corrected chi connectivity index (χ2v) is 4.47. The summed E-state index contributed by atoms with van der Waals surface area (Å²) in [6.45, 7) is 0.0782. The van der Waals surface area contributed by atoms with Gasteiger partial charge in [0.1, 0.15) is 0 Å². The van der Waals surface area contributed by atoms with E-state index in [1.165, 1.54) is 9.80 Å². The van der Waals surface area contributed by atoms with Crippen LogP contribution >= 0.6 is 23.2 Å². The molecule has 0 aliphatic carbocycles. The molecule has 0 fully saturated rings. The van der Waals surface area contributed by atoms with Crippen molar-refractivity contribution in [1.82, 2.24) is 4.90 Å². The number of urea groups is 1. The SMILES string of the molecule is CN(C)C(=O)N(CCO)c1ccc(Cl)c(Cl)c1. The number of benzene rings is 1. The number of hydrogen-bond acceptors (Lipinski definition) is 2. The Hall–Kier alpha value is -0.970. The molecule has 0 saturated carbocycles. The Morgan fingerprint density at radius 2 is 1.94 bits per heavy atom. The van der Waals surface area contributed by atoms with E-state index in [0.29, 0.717) is 15.7 Å². The van der Waals surface area contributed by atoms with Gasteiger partial charge in [-0.2, -0.15) is 0 Å². The standard InChI is InChI=1S/C11H14Cl2N2O2/c1-14(2)11(17)15(5-6-16)8-3-4-9(12)10(13)7-8/h3-4,7,16H,5-6H2,1-2H3. The molecule has 0 spiro atoms. The van der Waals surface area contributed by atoms with E-state index in [0.717, 1.165) is 0 Å². The number of amides is 2. The van der Waals surface area contributed by atoms with Crippen LogP contribution in [-0.4, -0.2) is 43.3 Å². The van der Waals surface area contributed by atoms with Gasteiger partial charge in [0, 0.05) is 19.8 Å². The number of carbonyl (C=O) groups excluding carboxylic acids is 1. The lowest BCUT2D eigenvalue weighted by molar-refractivity contribution is 0.220. The van der Waals surface area contributed by atoms with Crippen LogP contribution in [0.5, 0.6) is 0 Å². The fraction of sp³-hybridized carbons (Fsp3) is 0.364. The molecule has 0 atom stereocenters. The van der Waals surface area contributed by atoms with E-state index in [1.54, 1.807) is 32.3 Å². The molecule has 0 aromatic heterocycles. The summed E-state index contributed by atoms with van der Waals surface area (Å²) in [6, 6.07) is 4.68. The molecule has 1 aromatic carbocycles. The number of carbonyl (C=O) groups is 1. The van der Waals surface area contributed by atoms with Crippen molar-refractivity contribution in [3.63, 3.8) is 0 Å². The average molecular weight is 277 g/mol. The Morgan fingerprint density at radius 1 is 1.29 bits per heavy atom. The largest absolute Gasteiger partial charge is 0.395 e. The Kier molecular flexibility index (Phi) is 5.05. The Labute approximate surface area is 110 Å². The number of hydrogen-bond donors (Lipinski definition) is 1. The maximum atomic E-state index is 11.9. The smallest absolute Gasteiger partial charge is 0.324 e. The van der Waals surface area contributed by atoms with Crippen LogP contribution < -0.4 is 4.90 Å². The predicted octanol–water partition coefficient (Wildman–Crippen LogP) is 2.47. The first-order valence-electron chi connectivity index (χ1n) is 5.02. The van der Waals surface area contributed by atoms with Crippen LogP contribution in [0.1, 0.15) is 0 Å². The van der Waals surface area contributed by atoms with Gasteiger partial charge in [-0.25, -0.2) is 4.79 Å². The highest BCUT2D eigenvalue weighted by Gasteiger charge is 2.17. The van der Waals surface area contributed by atoms with E-state index in [-0.39, 0.29) is 19.2 Å². The summed E-state index contributed by atoms with van der Waals surface area (Å²) < 4.78 is 0. The van der Waals surface area contributed by atoms with Crippen LogP contribution in [0.15, 0.2) is 18.2 Å². The van der Waals surface area contributed by atoms with Crippen molar-refractivity contribution >= 4 is 34.9 Å². The normalized spacial score (nSPS) is 10.2. The van der Waals surface area contributed by atoms with E-state index in [9.17, 15) is 4.79 Å². The molecular formula is C11H14Cl2N2O2. The number of rotatable bonds is 3. The summed E-state index contributed by atoms with van der Waals surface area (Å²) in [5, 5.41) is 9.78. The zero-order chi connectivity index (χ0) is 13.0. The van der Waals surface area contributed by atoms with Crippen molar-refractivity contribution < 1.29 is 9.90 Å². The highest BCUT2D eigenvalue weighted by atomic mass is 35.5. The van der Waals surface area contributed by atoms with Crippen molar-refractivity contribution in [3.8, 4) is 0 Å². The first-order valence-corrected chi connectivity index (χ1v) is 5.77. The summed E-state index contributed by atoms with van der Waals surface area (Å²) in [7, 11) is 3.29. The Bertz CT molecular complexity index is 410. The summed E-state index contributed by atoms with van der Waals surface area (Å²) in [4.78, 5) is 14.8. The average Bonchev–Trinajstić information content (AvgIpc) is 2.29. The van der Waals surface area contributed by atoms with Crippen LogP contribution in [0.2, 0.25) is 10.0 Å². The minimum Gasteiger partial charge on any atom is -0.395 e. The highest BCUT2D eigenvalue weighted by molar-refractivity contribution is 6.42. The van der Waals surface area contributed by atoms with E-state index in [4.69, 9.17) is 28.3 Å². The molecule has 0 aliphatic rings. The monoisotopic (exact) mass is 276 g/mol. The molecule has 0 aliphatic heterocycles. The maximum Gasteiger partial charge on any atom is 0.324 e. The van der Waals surface area contributed by atoms with Crippen molar-refractivity contribution in [1.29, 1.82) is 0 Å². The van der Waals surface area contributed by atoms with Crippen LogP contribution in [0.4, 0.5) is 10.5 Å². The van der Waals surface area contributed by atoms with E-state index >= 15 is 0 Å². The van der Waals surface area contributed by atoms with Gasteiger partial charge in [-0.05, 0) is 18.2 Å². The van der Waals surface area contributed by atoms with Crippen LogP contribution in [0, 0.1) is 0 Å². The topological polar surface area (TPSA) is 43.8 Å². The molecule has 1 rings (SSSR count). The molecule has 0 bridgehead atoms. The third-order valence-corrected chi connectivity index (χ3v) is 2.89. The van der Waals surface area contributed by atoms with Gasteiger partial charge >= 0.3 is 6.03 Å². The lowest BCUT2D eigenvalue weighted by Gasteiger charge is -2.25. The minimum absolute atomic E-state index is 0.125. The van der Waals surface area contributed by atoms with Gasteiger partial charge < -0.3 is 10.0 Å². The van der Waals surface area contributed by atoms with Gasteiger partial charge in [-0.1, -0.05) is 23.2 Å². The molecule has 1 aromatic rings. The fourth-order valence-electron chi connectivity index (χ4n) is 1.33. The third-order valence-electron chi connectivity index (χ3n) is 2.15. The number of aliphatic hydroxyl groups excluding tert-OH is 1. The van der Waals surface area contributed by atoms with Gasteiger partial charge in [0.15, 0.2) is 0 Å². The van der Waals surface area contributed by atoms with Crippen molar-refractivity contribution in [2.24, 2.45) is 0 Å². The molecule has 4 nitrogen and oxygen atoms in total. The van der Waals surface area contributed by atoms with Gasteiger partial charge in [0.25, 0.3) is 0 Å². The van der Waals surface area contributed by atoms with Gasteiger partial charge in [-0.15, -0.1) is 0 Å². The summed E-state index contributed by atoms with van der Waals surface area (Å²) >= 11 is 11.7. The zero-order valence-corrected chi connectivity index (χ0v) is 11.2. The predicted molar refractivity (Wildman–Crippen MR) is 70.0 cm³/mol. The molecular weight excluding hydrogens is 263 g/mol. The minimum atomic E-state index is -0.225. The number of halogens is 2. The highest BCUT2D eigenvalue weighted by Crippen LogP contribution is 2.27. The zero-order valence-electron chi connectivity index (χ0n) is 9.65. The Balaban J connectivity index is 3.05. The van der Waals surface area contributed by atoms with Gasteiger partial charge in [0.05, 0.1) is 23.2 Å². The second-order valence-electron chi connectivity index (χ2n) is 3.65. The quantitative estimate of drug-likeness (QED) is 0.922. The van der Waals surface area contributed by atoms with E-state index in [1.807, 2.05) is 0 Å². The molecule has 0 saturated heterocycles. The van der Waals surface area contributed by atoms with Crippen LogP contribution in [0.25, 0.3) is 0 Å². The van der Waals surface area contributed by atoms with E-state index < -0.39 is 0 Å². The maximum absolute atomic E-state index is 11.9. The molecule has 6 heteroatoms. The van der Waals surface area contributed by atoms with Crippen molar-refractivity contribution in [2.45, 2.75) is 0 Å². The van der Waals surface area contributed by atoms with Crippen LogP contribution in [-0.2, 0) is 0 Å². The summed E-state index contributed by atoms with van der Waals surface area (Å²) in [5.41, 5.74) is 0.604. The van der Waals surface area contributed by atoms with Crippen molar-refractivity contribution in [3.05, 3.63) is 28.2 Å². The number of anilines is 1. The summed E-state index contributed by atoms with van der Waals surface area (Å²) in [5.74, 6) is 0.